The highest BCUT2D eigenvalue weighted by Crippen LogP contribution is 2.33. The third-order valence-electron chi connectivity index (χ3n) is 3.15. The Hall–Kier alpha value is -2.40. The van der Waals surface area contributed by atoms with E-state index in [1.807, 2.05) is 0 Å². The van der Waals surface area contributed by atoms with Gasteiger partial charge in [0.05, 0.1) is 24.9 Å². The summed E-state index contributed by atoms with van der Waals surface area (Å²) < 4.78 is 35.0. The van der Waals surface area contributed by atoms with Crippen molar-refractivity contribution in [2.75, 3.05) is 37.9 Å². The molecule has 1 amide bonds. The number of amides is 1. The molecule has 10 nitrogen and oxygen atoms in total. The van der Waals surface area contributed by atoms with Crippen LogP contribution in [-0.4, -0.2) is 58.9 Å². The molecule has 0 heterocycles. The maximum Gasteiger partial charge on any atom is 0.271 e. The van der Waals surface area contributed by atoms with E-state index in [9.17, 15) is 23.3 Å². The van der Waals surface area contributed by atoms with Crippen LogP contribution < -0.4 is 14.4 Å². The normalized spacial score (nSPS) is 12.3. The van der Waals surface area contributed by atoms with Gasteiger partial charge in [-0.2, -0.15) is 0 Å². The van der Waals surface area contributed by atoms with Crippen molar-refractivity contribution in [2.45, 2.75) is 13.0 Å². The molecule has 0 bridgehead atoms. The van der Waals surface area contributed by atoms with Crippen LogP contribution in [0.2, 0.25) is 0 Å². The van der Waals surface area contributed by atoms with E-state index >= 15 is 0 Å². The molecule has 0 fully saturated rings. The summed E-state index contributed by atoms with van der Waals surface area (Å²) in [5.74, 6) is -0.489. The Bertz CT molecular complexity index is 736. The third kappa shape index (κ3) is 5.87. The van der Waals surface area contributed by atoms with E-state index in [2.05, 4.69) is 5.32 Å². The first-order chi connectivity index (χ1) is 11.6. The van der Waals surface area contributed by atoms with Gasteiger partial charge in [0.1, 0.15) is 18.0 Å². The smallest absolute Gasteiger partial charge is 0.271 e. The predicted molar refractivity (Wildman–Crippen MR) is 91.3 cm³/mol. The van der Waals surface area contributed by atoms with Crippen molar-refractivity contribution >= 4 is 27.3 Å². The van der Waals surface area contributed by atoms with Crippen molar-refractivity contribution in [1.29, 1.82) is 0 Å². The molecule has 0 aliphatic rings. The Balaban J connectivity index is 3.22. The fourth-order valence-electron chi connectivity index (χ4n) is 2.11. The Kier molecular flexibility index (Phi) is 7.12. The quantitative estimate of drug-likeness (QED) is 0.492. The first kappa shape index (κ1) is 20.6. The van der Waals surface area contributed by atoms with Gasteiger partial charge in [0.25, 0.3) is 5.69 Å². The van der Waals surface area contributed by atoms with Crippen LogP contribution in [0.1, 0.15) is 6.92 Å². The molecule has 0 saturated heterocycles. The van der Waals surface area contributed by atoms with Gasteiger partial charge in [-0.25, -0.2) is 8.42 Å². The molecule has 0 unspecified atom stereocenters. The molecule has 1 N–H and O–H groups in total. The van der Waals surface area contributed by atoms with Crippen LogP contribution in [0.3, 0.4) is 0 Å². The van der Waals surface area contributed by atoms with Crippen LogP contribution in [0.4, 0.5) is 11.4 Å². The molecule has 25 heavy (non-hydrogen) atoms. The summed E-state index contributed by atoms with van der Waals surface area (Å²) in [4.78, 5) is 22.4. The SMILES string of the molecule is COC[C@H](C)NC(=O)CN(c1cc([N+](=O)[O-])ccc1OC)S(C)(=O)=O. The van der Waals surface area contributed by atoms with Crippen molar-refractivity contribution in [3.63, 3.8) is 0 Å². The van der Waals surface area contributed by atoms with Gasteiger partial charge in [0.2, 0.25) is 15.9 Å². The molecule has 140 valence electrons. The highest BCUT2D eigenvalue weighted by Gasteiger charge is 2.26. The number of hydrogen-bond donors (Lipinski definition) is 1. The summed E-state index contributed by atoms with van der Waals surface area (Å²) in [7, 11) is -1.13. The van der Waals surface area contributed by atoms with Gasteiger partial charge in [-0.05, 0) is 13.0 Å². The first-order valence-electron chi connectivity index (χ1n) is 7.18. The summed E-state index contributed by atoms with van der Waals surface area (Å²) in [5.41, 5.74) is -0.411. The van der Waals surface area contributed by atoms with E-state index in [0.717, 1.165) is 16.6 Å². The van der Waals surface area contributed by atoms with Gasteiger partial charge in [0.15, 0.2) is 0 Å². The fourth-order valence-corrected chi connectivity index (χ4v) is 2.96. The number of sulfonamides is 1. The molecule has 1 atom stereocenters. The number of anilines is 1. The van der Waals surface area contributed by atoms with Crippen LogP contribution in [-0.2, 0) is 19.6 Å². The summed E-state index contributed by atoms with van der Waals surface area (Å²) in [5, 5.41) is 13.6. The minimum absolute atomic E-state index is 0.0891. The maximum atomic E-state index is 12.1. The Labute approximate surface area is 145 Å². The highest BCUT2D eigenvalue weighted by molar-refractivity contribution is 7.92. The number of nitrogens with one attached hydrogen (secondary N) is 1. The lowest BCUT2D eigenvalue weighted by Crippen LogP contribution is -2.44. The largest absolute Gasteiger partial charge is 0.495 e. The standard InChI is InChI=1S/C14H21N3O7S/c1-10(9-23-2)15-14(18)8-16(25(4,21)22)12-7-11(17(19)20)5-6-13(12)24-3/h5-7,10H,8-9H2,1-4H3,(H,15,18)/t10-/m0/s1. The lowest BCUT2D eigenvalue weighted by Gasteiger charge is -2.24. The lowest BCUT2D eigenvalue weighted by molar-refractivity contribution is -0.384. The molecule has 1 aromatic rings. The molecule has 11 heteroatoms. The van der Waals surface area contributed by atoms with E-state index in [4.69, 9.17) is 9.47 Å². The highest BCUT2D eigenvalue weighted by atomic mass is 32.2. The molecule has 0 aromatic heterocycles. The average Bonchev–Trinajstić information content (AvgIpc) is 2.51. The van der Waals surface area contributed by atoms with Crippen molar-refractivity contribution in [3.05, 3.63) is 28.3 Å². The minimum atomic E-state index is -3.90. The topological polar surface area (TPSA) is 128 Å². The lowest BCUT2D eigenvalue weighted by atomic mass is 10.2. The number of hydrogen-bond acceptors (Lipinski definition) is 7. The van der Waals surface area contributed by atoms with Crippen LogP contribution in [0, 0.1) is 10.1 Å². The van der Waals surface area contributed by atoms with E-state index in [-0.39, 0.29) is 29.8 Å². The van der Waals surface area contributed by atoms with Crippen LogP contribution >= 0.6 is 0 Å². The molecule has 0 radical (unpaired) electrons. The molecule has 1 rings (SSSR count). The van der Waals surface area contributed by atoms with Crippen molar-refractivity contribution in [1.82, 2.24) is 5.32 Å². The van der Waals surface area contributed by atoms with Gasteiger partial charge in [-0.1, -0.05) is 0 Å². The number of nitro benzene ring substituents is 1. The Morgan fingerprint density at radius 3 is 2.52 bits per heavy atom. The van der Waals surface area contributed by atoms with E-state index in [1.54, 1.807) is 6.92 Å². The Morgan fingerprint density at radius 1 is 1.40 bits per heavy atom. The summed E-state index contributed by atoms with van der Waals surface area (Å²) >= 11 is 0. The second kappa shape index (κ2) is 8.62. The first-order valence-corrected chi connectivity index (χ1v) is 9.03. The van der Waals surface area contributed by atoms with Gasteiger partial charge in [0, 0.05) is 25.3 Å². The maximum absolute atomic E-state index is 12.1. The summed E-state index contributed by atoms with van der Waals surface area (Å²) in [6, 6.07) is 3.18. The number of carbonyl (C=O) groups excluding carboxylic acids is 1. The average molecular weight is 375 g/mol. The predicted octanol–water partition coefficient (Wildman–Crippen LogP) is 0.520. The second-order valence-electron chi connectivity index (χ2n) is 5.31. The summed E-state index contributed by atoms with van der Waals surface area (Å²) in [6.07, 6.45) is 0.900. The van der Waals surface area contributed by atoms with Crippen molar-refractivity contribution < 1.29 is 27.6 Å². The van der Waals surface area contributed by atoms with Crippen molar-refractivity contribution in [2.24, 2.45) is 0 Å². The second-order valence-corrected chi connectivity index (χ2v) is 7.21. The number of ether oxygens (including phenoxy) is 2. The molecular weight excluding hydrogens is 354 g/mol. The molecule has 0 spiro atoms. The number of benzene rings is 1. The van der Waals surface area contributed by atoms with Gasteiger partial charge in [-0.3, -0.25) is 19.2 Å². The molecule has 0 saturated carbocycles. The minimum Gasteiger partial charge on any atom is -0.495 e. The number of nitro groups is 1. The van der Waals surface area contributed by atoms with Crippen LogP contribution in [0.15, 0.2) is 18.2 Å². The number of nitrogens with zero attached hydrogens (tertiary/aromatic N) is 2. The zero-order valence-electron chi connectivity index (χ0n) is 14.4. The number of carbonyl (C=O) groups is 1. The molecule has 1 aromatic carbocycles. The molecular formula is C14H21N3O7S. The number of methoxy groups -OCH3 is 2. The fraction of sp³-hybridized carbons (Fsp3) is 0.500. The Morgan fingerprint density at radius 2 is 2.04 bits per heavy atom. The van der Waals surface area contributed by atoms with E-state index < -0.39 is 27.4 Å². The van der Waals surface area contributed by atoms with Gasteiger partial charge in [-0.15, -0.1) is 0 Å². The molecule has 0 aliphatic heterocycles. The summed E-state index contributed by atoms with van der Waals surface area (Å²) in [6.45, 7) is 1.40. The van der Waals surface area contributed by atoms with E-state index in [1.165, 1.54) is 26.4 Å². The monoisotopic (exact) mass is 375 g/mol. The zero-order valence-corrected chi connectivity index (χ0v) is 15.2. The van der Waals surface area contributed by atoms with Crippen molar-refractivity contribution in [3.8, 4) is 5.75 Å². The van der Waals surface area contributed by atoms with Crippen LogP contribution in [0.5, 0.6) is 5.75 Å². The van der Waals surface area contributed by atoms with Gasteiger partial charge >= 0.3 is 0 Å². The zero-order chi connectivity index (χ0) is 19.2. The number of rotatable bonds is 9. The molecule has 0 aliphatic carbocycles. The number of non-ortho nitro benzene ring substituents is 1. The van der Waals surface area contributed by atoms with Gasteiger partial charge < -0.3 is 14.8 Å². The third-order valence-corrected chi connectivity index (χ3v) is 4.28. The van der Waals surface area contributed by atoms with Crippen LogP contribution in [0.25, 0.3) is 0 Å². The van der Waals surface area contributed by atoms with E-state index in [0.29, 0.717) is 0 Å².